The Hall–Kier alpha value is -3.22. The van der Waals surface area contributed by atoms with Crippen LogP contribution in [0.1, 0.15) is 21.5 Å². The van der Waals surface area contributed by atoms with Crippen LogP contribution in [-0.4, -0.2) is 63.3 Å². The number of carboxylic acid groups (broad SMARTS) is 1. The fourth-order valence-corrected chi connectivity index (χ4v) is 3.08. The van der Waals surface area contributed by atoms with Crippen LogP contribution in [0.2, 0.25) is 6.32 Å². The highest BCUT2D eigenvalue weighted by molar-refractivity contribution is 6.41. The normalized spacial score (nSPS) is 13.4. The highest BCUT2D eigenvalue weighted by Crippen LogP contribution is 2.34. The minimum absolute atomic E-state index is 0.00796. The molecule has 1 heterocycles. The lowest BCUT2D eigenvalue weighted by atomic mass is 9.82. The van der Waals surface area contributed by atoms with Crippen LogP contribution < -0.4 is 4.74 Å². The van der Waals surface area contributed by atoms with E-state index in [2.05, 4.69) is 12.1 Å². The van der Waals surface area contributed by atoms with Gasteiger partial charge in [0.2, 0.25) is 5.91 Å². The number of carboxylic acids is 1. The van der Waals surface area contributed by atoms with Gasteiger partial charge in [0.25, 0.3) is 0 Å². The zero-order valence-electron chi connectivity index (χ0n) is 15.5. The van der Waals surface area contributed by atoms with Crippen molar-refractivity contribution in [1.82, 2.24) is 4.90 Å². The first-order valence-corrected chi connectivity index (χ1v) is 9.10. The van der Waals surface area contributed by atoms with E-state index in [0.717, 1.165) is 5.56 Å². The van der Waals surface area contributed by atoms with E-state index >= 15 is 0 Å². The van der Waals surface area contributed by atoms with E-state index in [-0.39, 0.29) is 48.0 Å². The number of benzene rings is 1. The quantitative estimate of drug-likeness (QED) is 0.479. The zero-order valence-corrected chi connectivity index (χ0v) is 15.5. The number of phenols is 1. The minimum atomic E-state index is -1.55. The average Bonchev–Trinajstić information content (AvgIpc) is 2.63. The highest BCUT2D eigenvalue weighted by Gasteiger charge is 2.33. The van der Waals surface area contributed by atoms with Crippen LogP contribution in [0, 0.1) is 12.1 Å². The smallest absolute Gasteiger partial charge is 0.451 e. The number of hydrogen-bond acceptors (Lipinski definition) is 6. The summed E-state index contributed by atoms with van der Waals surface area (Å²) in [6.45, 7) is 0.638. The third-order valence-corrected chi connectivity index (χ3v) is 4.68. The number of rotatable bonds is 8. The molecule has 0 saturated carbocycles. The Balaban J connectivity index is 1.61. The van der Waals surface area contributed by atoms with Crippen LogP contribution in [-0.2, 0) is 17.6 Å². The fourth-order valence-electron chi connectivity index (χ4n) is 3.08. The third kappa shape index (κ3) is 4.99. The summed E-state index contributed by atoms with van der Waals surface area (Å²) in [6.07, 6.45) is -0.0734. The van der Waals surface area contributed by atoms with E-state index < -0.39 is 18.8 Å². The van der Waals surface area contributed by atoms with Crippen molar-refractivity contribution in [1.29, 1.82) is 0 Å². The topological polar surface area (TPSA) is 128 Å². The number of aromatic hydroxyl groups is 1. The van der Waals surface area contributed by atoms with Crippen molar-refractivity contribution >= 4 is 19.0 Å². The Bertz CT molecular complexity index is 882. The van der Waals surface area contributed by atoms with Gasteiger partial charge in [0.15, 0.2) is 0 Å². The molecule has 9 heteroatoms. The Morgan fingerprint density at radius 1 is 1.21 bits per heavy atom. The van der Waals surface area contributed by atoms with E-state index in [1.807, 2.05) is 0 Å². The molecule has 3 rings (SSSR count). The second kappa shape index (κ2) is 8.86. The van der Waals surface area contributed by atoms with Gasteiger partial charge in [0.05, 0.1) is 19.5 Å². The molecule has 0 aromatic heterocycles. The third-order valence-electron chi connectivity index (χ3n) is 4.68. The summed E-state index contributed by atoms with van der Waals surface area (Å²) in [5.74, 6) is -1.87. The van der Waals surface area contributed by atoms with Gasteiger partial charge in [-0.15, -0.1) is 0 Å². The first kappa shape index (κ1) is 20.5. The number of aromatic carboxylic acids is 1. The molecule has 0 aliphatic carbocycles. The minimum Gasteiger partial charge on any atom is -0.507 e. The van der Waals surface area contributed by atoms with Crippen LogP contribution in [0.15, 0.2) is 30.3 Å². The molecule has 8 nitrogen and oxygen atoms in total. The molecule has 1 fully saturated rings. The molecule has 0 spiro atoms. The molecule has 0 atom stereocenters. The number of likely N-dealkylation sites (tertiary alicyclic amines) is 1. The summed E-state index contributed by atoms with van der Waals surface area (Å²) < 4.78 is 5.69. The Kier molecular flexibility index (Phi) is 6.27. The highest BCUT2D eigenvalue weighted by atomic mass is 16.5. The summed E-state index contributed by atoms with van der Waals surface area (Å²) in [5.41, 5.74) is 0.737. The molecule has 0 unspecified atom stereocenters. The van der Waals surface area contributed by atoms with E-state index in [0.29, 0.717) is 13.1 Å². The van der Waals surface area contributed by atoms with E-state index in [4.69, 9.17) is 14.8 Å². The van der Waals surface area contributed by atoms with Crippen molar-refractivity contribution in [3.63, 3.8) is 0 Å². The molecule has 1 amide bonds. The average molecular weight is 397 g/mol. The Morgan fingerprint density at radius 2 is 1.97 bits per heavy atom. The molecule has 4 N–H and O–H groups in total. The summed E-state index contributed by atoms with van der Waals surface area (Å²) in [5, 5.41) is 37.6. The van der Waals surface area contributed by atoms with Crippen LogP contribution in [0.5, 0.6) is 11.5 Å². The molecular weight excluding hydrogens is 377 g/mol. The number of ether oxygens (including phenoxy) is 1. The summed E-state index contributed by atoms with van der Waals surface area (Å²) >= 11 is 0. The van der Waals surface area contributed by atoms with Gasteiger partial charge in [-0.3, -0.25) is 4.79 Å². The number of hydrogen-bond donors (Lipinski definition) is 4. The van der Waals surface area contributed by atoms with Crippen molar-refractivity contribution in [3.05, 3.63) is 59.2 Å². The van der Waals surface area contributed by atoms with Crippen molar-refractivity contribution in [2.24, 2.45) is 0 Å². The molecule has 150 valence electrons. The number of aryl methyl sites for hydroxylation is 1. The lowest BCUT2D eigenvalue weighted by Crippen LogP contribution is -2.56. The monoisotopic (exact) mass is 397 g/mol. The Morgan fingerprint density at radius 3 is 2.59 bits per heavy atom. The largest absolute Gasteiger partial charge is 0.507 e. The van der Waals surface area contributed by atoms with Crippen molar-refractivity contribution < 1.29 is 34.6 Å². The summed E-state index contributed by atoms with van der Waals surface area (Å²) in [6, 6.07) is 13.7. The molecule has 1 saturated heterocycles. The predicted molar refractivity (Wildman–Crippen MR) is 103 cm³/mol. The number of carbonyl (C=O) groups is 2. The van der Waals surface area contributed by atoms with Gasteiger partial charge >= 0.3 is 13.1 Å². The van der Waals surface area contributed by atoms with Crippen LogP contribution >= 0.6 is 0 Å². The van der Waals surface area contributed by atoms with Gasteiger partial charge in [-0.05, 0) is 48.1 Å². The lowest BCUT2D eigenvalue weighted by Gasteiger charge is -2.39. The summed E-state index contributed by atoms with van der Waals surface area (Å²) in [4.78, 5) is 25.5. The predicted octanol–water partition coefficient (Wildman–Crippen LogP) is 0.538. The SMILES string of the molecule is O=C(O)c1c(OC2CN(C(=O)Cc3cc#ccc3)C2)ccc(CCB(O)O)c1O. The van der Waals surface area contributed by atoms with E-state index in [9.17, 15) is 19.8 Å². The van der Waals surface area contributed by atoms with E-state index in [1.165, 1.54) is 12.1 Å². The summed E-state index contributed by atoms with van der Waals surface area (Å²) in [7, 11) is -1.55. The van der Waals surface area contributed by atoms with E-state index in [1.54, 1.807) is 23.1 Å². The van der Waals surface area contributed by atoms with Crippen LogP contribution in [0.25, 0.3) is 0 Å². The number of nitrogens with zero attached hydrogens (tertiary/aromatic N) is 1. The van der Waals surface area contributed by atoms with Gasteiger partial charge in [-0.2, -0.15) is 0 Å². The van der Waals surface area contributed by atoms with Crippen LogP contribution in [0.3, 0.4) is 0 Å². The fraction of sp³-hybridized carbons (Fsp3) is 0.300. The maximum atomic E-state index is 12.3. The molecule has 2 aromatic rings. The van der Waals surface area contributed by atoms with Crippen LogP contribution in [0.4, 0.5) is 0 Å². The Labute approximate surface area is 168 Å². The first-order valence-electron chi connectivity index (χ1n) is 9.10. The standard InChI is InChI=1S/C20H20BNO7/c23-17(10-13-4-2-1-3-5-13)22-11-15(12-22)29-16-7-6-14(8-9-21(27)28)19(24)18(16)20(25)26/h2,4-7,15,24,27-28H,8-12H2,(H,25,26). The maximum Gasteiger partial charge on any atom is 0.451 e. The molecule has 0 bridgehead atoms. The maximum absolute atomic E-state index is 12.3. The second-order valence-electron chi connectivity index (χ2n) is 6.83. The molecule has 0 radical (unpaired) electrons. The number of carbonyl (C=O) groups excluding carboxylic acids is 1. The first-order chi connectivity index (χ1) is 13.8. The van der Waals surface area contributed by atoms with Crippen molar-refractivity contribution in [3.8, 4) is 11.5 Å². The second-order valence-corrected chi connectivity index (χ2v) is 6.83. The van der Waals surface area contributed by atoms with Gasteiger partial charge in [0.1, 0.15) is 23.2 Å². The number of amides is 1. The molecular formula is C20H20BNO7. The molecule has 1 aliphatic heterocycles. The van der Waals surface area contributed by atoms with Gasteiger partial charge in [0, 0.05) is 0 Å². The van der Waals surface area contributed by atoms with Gasteiger partial charge in [-0.25, -0.2) is 4.79 Å². The molecule has 29 heavy (non-hydrogen) atoms. The molecule has 1 aliphatic rings. The van der Waals surface area contributed by atoms with Crippen molar-refractivity contribution in [2.75, 3.05) is 13.1 Å². The molecule has 2 aromatic carbocycles. The zero-order chi connectivity index (χ0) is 21.0. The van der Waals surface area contributed by atoms with Gasteiger partial charge < -0.3 is 29.9 Å². The van der Waals surface area contributed by atoms with Gasteiger partial charge in [-0.1, -0.05) is 18.2 Å². The lowest BCUT2D eigenvalue weighted by molar-refractivity contribution is -0.139. The van der Waals surface area contributed by atoms with Crippen molar-refractivity contribution in [2.45, 2.75) is 25.3 Å².